The van der Waals surface area contributed by atoms with Crippen LogP contribution in [0.4, 0.5) is 0 Å². The van der Waals surface area contributed by atoms with Crippen LogP contribution in [0.15, 0.2) is 18.2 Å². The van der Waals surface area contributed by atoms with Crippen LogP contribution in [0.3, 0.4) is 0 Å². The largest absolute Gasteiger partial charge is 0.496 e. The first-order chi connectivity index (χ1) is 8.15. The standard InChI is InChI=1S/C12H14ClNO3/c1-3-14-7-11(15)17-12(14)9-5-4-8(13)6-10(9)16-2/h4-6,12H,3,7H2,1-2H3. The van der Waals surface area contributed by atoms with Crippen LogP contribution in [0.1, 0.15) is 18.7 Å². The highest BCUT2D eigenvalue weighted by atomic mass is 35.5. The maximum atomic E-state index is 11.3. The van der Waals surface area contributed by atoms with Crippen LogP contribution in [-0.2, 0) is 9.53 Å². The van der Waals surface area contributed by atoms with Gasteiger partial charge in [-0.25, -0.2) is 0 Å². The Morgan fingerprint density at radius 1 is 1.59 bits per heavy atom. The zero-order valence-electron chi connectivity index (χ0n) is 9.77. The summed E-state index contributed by atoms with van der Waals surface area (Å²) in [6.07, 6.45) is -0.375. The number of nitrogens with zero attached hydrogens (tertiary/aromatic N) is 1. The van der Waals surface area contributed by atoms with Gasteiger partial charge in [0.05, 0.1) is 7.11 Å². The van der Waals surface area contributed by atoms with Crippen molar-refractivity contribution in [3.63, 3.8) is 0 Å². The average molecular weight is 256 g/mol. The highest BCUT2D eigenvalue weighted by Crippen LogP contribution is 2.35. The van der Waals surface area contributed by atoms with Gasteiger partial charge in [0.1, 0.15) is 12.3 Å². The van der Waals surface area contributed by atoms with Crippen LogP contribution in [0, 0.1) is 0 Å². The van der Waals surface area contributed by atoms with Crippen molar-refractivity contribution < 1.29 is 14.3 Å². The van der Waals surface area contributed by atoms with Crippen molar-refractivity contribution in [2.75, 3.05) is 20.2 Å². The van der Waals surface area contributed by atoms with Crippen LogP contribution < -0.4 is 4.74 Å². The molecule has 0 aliphatic carbocycles. The first kappa shape index (κ1) is 12.2. The van der Waals surface area contributed by atoms with Crippen molar-refractivity contribution in [2.24, 2.45) is 0 Å². The molecule has 0 spiro atoms. The quantitative estimate of drug-likeness (QED) is 0.777. The van der Waals surface area contributed by atoms with Crippen LogP contribution >= 0.6 is 11.6 Å². The van der Waals surface area contributed by atoms with Crippen molar-refractivity contribution in [3.05, 3.63) is 28.8 Å². The molecule has 1 aliphatic heterocycles. The summed E-state index contributed by atoms with van der Waals surface area (Å²) in [6, 6.07) is 5.31. The van der Waals surface area contributed by atoms with E-state index in [1.54, 1.807) is 19.2 Å². The Bertz CT molecular complexity index is 436. The summed E-state index contributed by atoms with van der Waals surface area (Å²) in [5, 5.41) is 0.595. The van der Waals surface area contributed by atoms with Crippen molar-refractivity contribution in [1.29, 1.82) is 0 Å². The Morgan fingerprint density at radius 2 is 2.35 bits per heavy atom. The predicted molar refractivity (Wildman–Crippen MR) is 64.1 cm³/mol. The number of carbonyl (C=O) groups excluding carboxylic acids is 1. The molecular weight excluding hydrogens is 242 g/mol. The van der Waals surface area contributed by atoms with Gasteiger partial charge < -0.3 is 9.47 Å². The second kappa shape index (κ2) is 4.94. The summed E-state index contributed by atoms with van der Waals surface area (Å²) in [4.78, 5) is 13.3. The van der Waals surface area contributed by atoms with E-state index >= 15 is 0 Å². The lowest BCUT2D eigenvalue weighted by molar-refractivity contribution is -0.141. The summed E-state index contributed by atoms with van der Waals surface area (Å²) >= 11 is 5.90. The van der Waals surface area contributed by atoms with Gasteiger partial charge in [-0.3, -0.25) is 9.69 Å². The maximum absolute atomic E-state index is 11.3. The molecule has 1 fully saturated rings. The minimum absolute atomic E-state index is 0.214. The minimum atomic E-state index is -0.375. The van der Waals surface area contributed by atoms with E-state index in [9.17, 15) is 4.79 Å². The molecule has 17 heavy (non-hydrogen) atoms. The maximum Gasteiger partial charge on any atom is 0.322 e. The lowest BCUT2D eigenvalue weighted by atomic mass is 10.1. The molecule has 1 atom stereocenters. The first-order valence-electron chi connectivity index (χ1n) is 5.42. The number of cyclic esters (lactones) is 1. The van der Waals surface area contributed by atoms with E-state index in [0.717, 1.165) is 12.1 Å². The second-order valence-corrected chi connectivity index (χ2v) is 4.23. The Morgan fingerprint density at radius 3 is 3.00 bits per heavy atom. The Labute approximate surface area is 105 Å². The highest BCUT2D eigenvalue weighted by molar-refractivity contribution is 6.30. The number of carbonyl (C=O) groups is 1. The number of esters is 1. The summed E-state index contributed by atoms with van der Waals surface area (Å²) in [5.41, 5.74) is 0.824. The fourth-order valence-electron chi connectivity index (χ4n) is 1.91. The molecule has 1 aromatic carbocycles. The van der Waals surface area contributed by atoms with Gasteiger partial charge >= 0.3 is 5.97 Å². The molecule has 0 bridgehead atoms. The van der Waals surface area contributed by atoms with Crippen molar-refractivity contribution in [3.8, 4) is 5.75 Å². The molecule has 0 aromatic heterocycles. The molecule has 5 heteroatoms. The highest BCUT2D eigenvalue weighted by Gasteiger charge is 2.33. The molecule has 0 N–H and O–H groups in total. The number of methoxy groups -OCH3 is 1. The number of benzene rings is 1. The predicted octanol–water partition coefficient (Wildman–Crippen LogP) is 2.23. The Hall–Kier alpha value is -1.26. The van der Waals surface area contributed by atoms with Gasteiger partial charge in [-0.05, 0) is 24.7 Å². The fourth-order valence-corrected chi connectivity index (χ4v) is 2.07. The third-order valence-corrected chi connectivity index (χ3v) is 3.01. The Balaban J connectivity index is 2.36. The second-order valence-electron chi connectivity index (χ2n) is 3.79. The van der Waals surface area contributed by atoms with Crippen molar-refractivity contribution in [1.82, 2.24) is 4.90 Å². The molecule has 92 valence electrons. The zero-order valence-corrected chi connectivity index (χ0v) is 10.5. The molecular formula is C12H14ClNO3. The van der Waals surface area contributed by atoms with Gasteiger partial charge in [0.2, 0.25) is 0 Å². The molecule has 1 heterocycles. The number of hydrogen-bond acceptors (Lipinski definition) is 4. The van der Waals surface area contributed by atoms with Crippen LogP contribution in [0.2, 0.25) is 5.02 Å². The number of halogens is 1. The minimum Gasteiger partial charge on any atom is -0.496 e. The first-order valence-corrected chi connectivity index (χ1v) is 5.80. The van der Waals surface area contributed by atoms with Crippen LogP contribution in [0.5, 0.6) is 5.75 Å². The number of likely N-dealkylation sites (N-methyl/N-ethyl adjacent to an activating group) is 1. The van der Waals surface area contributed by atoms with E-state index in [2.05, 4.69) is 0 Å². The molecule has 0 radical (unpaired) electrons. The van der Waals surface area contributed by atoms with E-state index in [0.29, 0.717) is 17.3 Å². The molecule has 2 rings (SSSR count). The van der Waals surface area contributed by atoms with E-state index in [1.165, 1.54) is 0 Å². The van der Waals surface area contributed by atoms with Gasteiger partial charge in [0.15, 0.2) is 6.23 Å². The molecule has 0 amide bonds. The van der Waals surface area contributed by atoms with Gasteiger partial charge in [0.25, 0.3) is 0 Å². The smallest absolute Gasteiger partial charge is 0.322 e. The lowest BCUT2D eigenvalue weighted by Crippen LogP contribution is -2.24. The zero-order chi connectivity index (χ0) is 12.4. The van der Waals surface area contributed by atoms with Gasteiger partial charge in [-0.15, -0.1) is 0 Å². The van der Waals surface area contributed by atoms with Crippen LogP contribution in [0.25, 0.3) is 0 Å². The summed E-state index contributed by atoms with van der Waals surface area (Å²) < 4.78 is 10.6. The summed E-state index contributed by atoms with van der Waals surface area (Å²) in [7, 11) is 1.57. The molecule has 1 aromatic rings. The molecule has 0 saturated carbocycles. The third kappa shape index (κ3) is 2.37. The van der Waals surface area contributed by atoms with E-state index in [1.807, 2.05) is 17.9 Å². The van der Waals surface area contributed by atoms with Gasteiger partial charge in [-0.2, -0.15) is 0 Å². The molecule has 1 unspecified atom stereocenters. The molecule has 1 aliphatic rings. The van der Waals surface area contributed by atoms with E-state index < -0.39 is 0 Å². The summed E-state index contributed by atoms with van der Waals surface area (Å²) in [5.74, 6) is 0.421. The van der Waals surface area contributed by atoms with Crippen LogP contribution in [-0.4, -0.2) is 31.1 Å². The third-order valence-electron chi connectivity index (χ3n) is 2.77. The van der Waals surface area contributed by atoms with Gasteiger partial charge in [0, 0.05) is 10.6 Å². The van der Waals surface area contributed by atoms with E-state index in [-0.39, 0.29) is 12.2 Å². The van der Waals surface area contributed by atoms with Crippen molar-refractivity contribution >= 4 is 17.6 Å². The number of ether oxygens (including phenoxy) is 2. The Kier molecular flexibility index (Phi) is 3.54. The fraction of sp³-hybridized carbons (Fsp3) is 0.417. The van der Waals surface area contributed by atoms with Gasteiger partial charge in [-0.1, -0.05) is 18.5 Å². The number of rotatable bonds is 3. The monoisotopic (exact) mass is 255 g/mol. The molecule has 4 nitrogen and oxygen atoms in total. The topological polar surface area (TPSA) is 38.8 Å². The summed E-state index contributed by atoms with van der Waals surface area (Å²) in [6.45, 7) is 3.03. The average Bonchev–Trinajstić information content (AvgIpc) is 2.70. The lowest BCUT2D eigenvalue weighted by Gasteiger charge is -2.21. The normalized spacial score (nSPS) is 20.4. The SMILES string of the molecule is CCN1CC(=O)OC1c1ccc(Cl)cc1OC. The number of hydrogen-bond donors (Lipinski definition) is 0. The van der Waals surface area contributed by atoms with Crippen molar-refractivity contribution in [2.45, 2.75) is 13.2 Å². The molecule has 1 saturated heterocycles. The van der Waals surface area contributed by atoms with E-state index in [4.69, 9.17) is 21.1 Å².